The molecule has 0 aliphatic rings. The van der Waals surface area contributed by atoms with Gasteiger partial charge in [-0.3, -0.25) is 4.79 Å². The van der Waals surface area contributed by atoms with Gasteiger partial charge in [0.25, 0.3) is 0 Å². The third-order valence-corrected chi connectivity index (χ3v) is 3.22. The Hall–Kier alpha value is -1.55. The summed E-state index contributed by atoms with van der Waals surface area (Å²) in [5.41, 5.74) is 2.33. The minimum Gasteiger partial charge on any atom is -0.365 e. The molecule has 0 aliphatic heterocycles. The van der Waals surface area contributed by atoms with Crippen molar-refractivity contribution < 1.29 is 4.79 Å². The lowest BCUT2D eigenvalue weighted by atomic mass is 10.2. The number of amides is 1. The normalized spacial score (nSPS) is 10.7. The third kappa shape index (κ3) is 7.14. The molecule has 1 rings (SSSR count). The van der Waals surface area contributed by atoms with Crippen LogP contribution in [0.2, 0.25) is 0 Å². The lowest BCUT2D eigenvalue weighted by Gasteiger charge is -2.19. The molecule has 0 atom stereocenters. The van der Waals surface area contributed by atoms with Crippen LogP contribution >= 0.6 is 0 Å². The van der Waals surface area contributed by atoms with E-state index in [0.717, 1.165) is 31.7 Å². The molecule has 0 bridgehead atoms. The van der Waals surface area contributed by atoms with Crippen LogP contribution in [0.1, 0.15) is 32.8 Å². The van der Waals surface area contributed by atoms with Crippen LogP contribution in [0.15, 0.2) is 24.3 Å². The Morgan fingerprint density at radius 1 is 1.24 bits per heavy atom. The molecular weight excluding hydrogens is 262 g/mol. The Balaban J connectivity index is 2.43. The highest BCUT2D eigenvalue weighted by atomic mass is 16.2. The first-order chi connectivity index (χ1) is 10.0. The van der Waals surface area contributed by atoms with Crippen molar-refractivity contribution in [2.45, 2.75) is 33.7 Å². The number of carbonyl (C=O) groups excluding carboxylic acids is 1. The second kappa shape index (κ2) is 9.40. The van der Waals surface area contributed by atoms with E-state index in [2.05, 4.69) is 55.7 Å². The quantitative estimate of drug-likeness (QED) is 0.687. The highest BCUT2D eigenvalue weighted by Crippen LogP contribution is 2.13. The SMILES string of the molecule is CCCNCc1ccc(N(C)CC(=O)NCC(C)C)cc1. The zero-order chi connectivity index (χ0) is 15.7. The summed E-state index contributed by atoms with van der Waals surface area (Å²) in [7, 11) is 1.94. The van der Waals surface area contributed by atoms with Crippen LogP contribution in [-0.2, 0) is 11.3 Å². The average molecular weight is 291 g/mol. The largest absolute Gasteiger partial charge is 0.365 e. The number of anilines is 1. The summed E-state index contributed by atoms with van der Waals surface area (Å²) in [5.74, 6) is 0.550. The van der Waals surface area contributed by atoms with E-state index < -0.39 is 0 Å². The minimum atomic E-state index is 0.0693. The second-order valence-corrected chi connectivity index (χ2v) is 5.90. The second-order valence-electron chi connectivity index (χ2n) is 5.90. The van der Waals surface area contributed by atoms with Crippen molar-refractivity contribution in [1.82, 2.24) is 10.6 Å². The summed E-state index contributed by atoms with van der Waals surface area (Å²) in [6, 6.07) is 8.36. The molecule has 1 amide bonds. The van der Waals surface area contributed by atoms with Gasteiger partial charge in [0.15, 0.2) is 0 Å². The van der Waals surface area contributed by atoms with Gasteiger partial charge < -0.3 is 15.5 Å². The average Bonchev–Trinajstić information content (AvgIpc) is 2.46. The fourth-order valence-electron chi connectivity index (χ4n) is 1.96. The summed E-state index contributed by atoms with van der Waals surface area (Å²) in [6.07, 6.45) is 1.15. The van der Waals surface area contributed by atoms with Crippen molar-refractivity contribution in [3.8, 4) is 0 Å². The standard InChI is InChI=1S/C17H29N3O/c1-5-10-18-12-15-6-8-16(9-7-15)20(4)13-17(21)19-11-14(2)3/h6-9,14,18H,5,10-13H2,1-4H3,(H,19,21). The zero-order valence-electron chi connectivity index (χ0n) is 13.8. The molecule has 0 saturated heterocycles. The molecular formula is C17H29N3O. The highest BCUT2D eigenvalue weighted by molar-refractivity contribution is 5.81. The van der Waals surface area contributed by atoms with Crippen LogP contribution in [0, 0.1) is 5.92 Å². The van der Waals surface area contributed by atoms with Gasteiger partial charge in [0.05, 0.1) is 6.54 Å². The van der Waals surface area contributed by atoms with Gasteiger partial charge in [-0.25, -0.2) is 0 Å². The molecule has 0 radical (unpaired) electrons. The monoisotopic (exact) mass is 291 g/mol. The zero-order valence-corrected chi connectivity index (χ0v) is 13.8. The van der Waals surface area contributed by atoms with E-state index in [9.17, 15) is 4.79 Å². The Labute approximate surface area is 128 Å². The fourth-order valence-corrected chi connectivity index (χ4v) is 1.96. The van der Waals surface area contributed by atoms with Crippen LogP contribution in [0.25, 0.3) is 0 Å². The van der Waals surface area contributed by atoms with Gasteiger partial charge in [-0.1, -0.05) is 32.9 Å². The number of likely N-dealkylation sites (N-methyl/N-ethyl adjacent to an activating group) is 1. The highest BCUT2D eigenvalue weighted by Gasteiger charge is 2.07. The van der Waals surface area contributed by atoms with Crippen molar-refractivity contribution in [3.05, 3.63) is 29.8 Å². The van der Waals surface area contributed by atoms with E-state index >= 15 is 0 Å². The maximum Gasteiger partial charge on any atom is 0.239 e. The smallest absolute Gasteiger partial charge is 0.239 e. The van der Waals surface area contributed by atoms with Gasteiger partial charge in [-0.05, 0) is 36.6 Å². The van der Waals surface area contributed by atoms with Gasteiger partial charge in [0, 0.05) is 25.8 Å². The van der Waals surface area contributed by atoms with Gasteiger partial charge in [-0.2, -0.15) is 0 Å². The number of benzene rings is 1. The van der Waals surface area contributed by atoms with Crippen molar-refractivity contribution in [1.29, 1.82) is 0 Å². The lowest BCUT2D eigenvalue weighted by Crippen LogP contribution is -2.36. The minimum absolute atomic E-state index is 0.0693. The molecule has 0 aromatic heterocycles. The molecule has 4 heteroatoms. The Bertz CT molecular complexity index is 415. The van der Waals surface area contributed by atoms with E-state index in [-0.39, 0.29) is 5.91 Å². The van der Waals surface area contributed by atoms with E-state index in [1.165, 1.54) is 5.56 Å². The van der Waals surface area contributed by atoms with Gasteiger partial charge in [0.1, 0.15) is 0 Å². The van der Waals surface area contributed by atoms with Crippen molar-refractivity contribution in [2.75, 3.05) is 31.6 Å². The number of hydrogen-bond donors (Lipinski definition) is 2. The molecule has 1 aromatic rings. The molecule has 0 heterocycles. The van der Waals surface area contributed by atoms with Crippen LogP contribution < -0.4 is 15.5 Å². The Morgan fingerprint density at radius 3 is 2.48 bits per heavy atom. The first kappa shape index (κ1) is 17.5. The van der Waals surface area contributed by atoms with Gasteiger partial charge in [-0.15, -0.1) is 0 Å². The summed E-state index contributed by atoms with van der Waals surface area (Å²) in [6.45, 7) is 9.40. The van der Waals surface area contributed by atoms with Crippen LogP contribution in [0.4, 0.5) is 5.69 Å². The molecule has 2 N–H and O–H groups in total. The molecule has 4 nitrogen and oxygen atoms in total. The first-order valence-corrected chi connectivity index (χ1v) is 7.80. The Morgan fingerprint density at radius 2 is 1.90 bits per heavy atom. The molecule has 0 saturated carbocycles. The summed E-state index contributed by atoms with van der Waals surface area (Å²) in [5, 5.41) is 6.32. The summed E-state index contributed by atoms with van der Waals surface area (Å²) < 4.78 is 0. The molecule has 118 valence electrons. The number of nitrogens with zero attached hydrogens (tertiary/aromatic N) is 1. The number of carbonyl (C=O) groups is 1. The van der Waals surface area contributed by atoms with E-state index in [1.807, 2.05) is 11.9 Å². The van der Waals surface area contributed by atoms with Gasteiger partial charge in [0.2, 0.25) is 5.91 Å². The number of hydrogen-bond acceptors (Lipinski definition) is 3. The molecule has 0 fully saturated rings. The Kier molecular flexibility index (Phi) is 7.83. The molecule has 1 aromatic carbocycles. The maximum absolute atomic E-state index is 11.8. The van der Waals surface area contributed by atoms with Crippen LogP contribution in [-0.4, -0.2) is 32.6 Å². The summed E-state index contributed by atoms with van der Waals surface area (Å²) in [4.78, 5) is 13.8. The first-order valence-electron chi connectivity index (χ1n) is 7.80. The van der Waals surface area contributed by atoms with Gasteiger partial charge >= 0.3 is 0 Å². The van der Waals surface area contributed by atoms with Crippen LogP contribution in [0.3, 0.4) is 0 Å². The summed E-state index contributed by atoms with van der Waals surface area (Å²) >= 11 is 0. The maximum atomic E-state index is 11.8. The number of rotatable bonds is 9. The van der Waals surface area contributed by atoms with Crippen molar-refractivity contribution in [2.24, 2.45) is 5.92 Å². The fraction of sp³-hybridized carbons (Fsp3) is 0.588. The van der Waals surface area contributed by atoms with Crippen LogP contribution in [0.5, 0.6) is 0 Å². The number of nitrogens with one attached hydrogen (secondary N) is 2. The molecule has 0 unspecified atom stereocenters. The molecule has 21 heavy (non-hydrogen) atoms. The third-order valence-electron chi connectivity index (χ3n) is 3.22. The van der Waals surface area contributed by atoms with E-state index in [4.69, 9.17) is 0 Å². The topological polar surface area (TPSA) is 44.4 Å². The van der Waals surface area contributed by atoms with E-state index in [1.54, 1.807) is 0 Å². The predicted molar refractivity (Wildman–Crippen MR) is 89.6 cm³/mol. The molecule has 0 aliphatic carbocycles. The molecule has 0 spiro atoms. The predicted octanol–water partition coefficient (Wildman–Crippen LogP) is 2.39. The lowest BCUT2D eigenvalue weighted by molar-refractivity contribution is -0.119. The van der Waals surface area contributed by atoms with Crippen molar-refractivity contribution >= 4 is 11.6 Å². The van der Waals surface area contributed by atoms with Crippen molar-refractivity contribution in [3.63, 3.8) is 0 Å². The van der Waals surface area contributed by atoms with E-state index in [0.29, 0.717) is 12.5 Å².